The van der Waals surface area contributed by atoms with Crippen LogP contribution in [0.1, 0.15) is 23.8 Å². The Balaban J connectivity index is 1.93. The largest absolute Gasteiger partial charge is 0.467 e. The predicted octanol–water partition coefficient (Wildman–Crippen LogP) is 2.12. The first kappa shape index (κ1) is 12.4. The molecule has 1 aromatic heterocycles. The van der Waals surface area contributed by atoms with Crippen molar-refractivity contribution >= 4 is 0 Å². The van der Waals surface area contributed by atoms with Gasteiger partial charge >= 0.3 is 0 Å². The second-order valence-corrected chi connectivity index (χ2v) is 3.92. The molecule has 2 aromatic rings. The molecule has 0 radical (unpaired) electrons. The molecule has 2 atom stereocenters. The van der Waals surface area contributed by atoms with Gasteiger partial charge in [-0.2, -0.15) is 0 Å². The molecule has 2 rings (SSSR count). The Morgan fingerprint density at radius 2 is 1.83 bits per heavy atom. The minimum atomic E-state index is -0.884. The lowest BCUT2D eigenvalue weighted by Gasteiger charge is -2.08. The third kappa shape index (κ3) is 3.49. The molecule has 0 bridgehead atoms. The van der Waals surface area contributed by atoms with Gasteiger partial charge in [0.25, 0.3) is 0 Å². The SMILES string of the molecule is OC(C#Cc1ccccc1)CC(O)c1ccco1. The number of rotatable bonds is 3. The number of hydrogen-bond acceptors (Lipinski definition) is 3. The van der Waals surface area contributed by atoms with Crippen LogP contribution in [0.25, 0.3) is 0 Å². The van der Waals surface area contributed by atoms with E-state index < -0.39 is 12.2 Å². The first-order valence-electron chi connectivity index (χ1n) is 5.72. The Labute approximate surface area is 106 Å². The molecule has 2 N–H and O–H groups in total. The first-order valence-corrected chi connectivity index (χ1v) is 5.72. The van der Waals surface area contributed by atoms with Gasteiger partial charge in [0.05, 0.1) is 6.26 Å². The van der Waals surface area contributed by atoms with E-state index >= 15 is 0 Å². The van der Waals surface area contributed by atoms with Crippen LogP contribution < -0.4 is 0 Å². The lowest BCUT2D eigenvalue weighted by Crippen LogP contribution is -2.09. The van der Waals surface area contributed by atoms with Crippen LogP contribution in [0.5, 0.6) is 0 Å². The topological polar surface area (TPSA) is 53.6 Å². The van der Waals surface area contributed by atoms with E-state index in [0.717, 1.165) is 5.56 Å². The number of aliphatic hydroxyl groups excluding tert-OH is 2. The van der Waals surface area contributed by atoms with Crippen molar-refractivity contribution in [3.8, 4) is 11.8 Å². The Bertz CT molecular complexity index is 520. The maximum absolute atomic E-state index is 9.76. The van der Waals surface area contributed by atoms with E-state index in [0.29, 0.717) is 5.76 Å². The van der Waals surface area contributed by atoms with E-state index in [1.165, 1.54) is 6.26 Å². The molecule has 18 heavy (non-hydrogen) atoms. The molecule has 1 aromatic carbocycles. The molecule has 0 aliphatic rings. The smallest absolute Gasteiger partial charge is 0.132 e. The average molecular weight is 242 g/mol. The van der Waals surface area contributed by atoms with E-state index in [-0.39, 0.29) is 6.42 Å². The van der Waals surface area contributed by atoms with Crippen molar-refractivity contribution in [2.75, 3.05) is 0 Å². The van der Waals surface area contributed by atoms with Crippen molar-refractivity contribution < 1.29 is 14.6 Å². The fourth-order valence-electron chi connectivity index (χ4n) is 1.56. The maximum Gasteiger partial charge on any atom is 0.132 e. The summed E-state index contributed by atoms with van der Waals surface area (Å²) in [4.78, 5) is 0. The van der Waals surface area contributed by atoms with E-state index in [1.807, 2.05) is 30.3 Å². The van der Waals surface area contributed by atoms with Crippen molar-refractivity contribution in [1.29, 1.82) is 0 Å². The van der Waals surface area contributed by atoms with Crippen molar-refractivity contribution in [2.24, 2.45) is 0 Å². The fourth-order valence-corrected chi connectivity index (χ4v) is 1.56. The zero-order chi connectivity index (χ0) is 12.8. The Hall–Kier alpha value is -2.02. The van der Waals surface area contributed by atoms with Crippen LogP contribution in [0.3, 0.4) is 0 Å². The summed E-state index contributed by atoms with van der Waals surface area (Å²) in [7, 11) is 0. The summed E-state index contributed by atoms with van der Waals surface area (Å²) < 4.78 is 5.05. The molecular weight excluding hydrogens is 228 g/mol. The van der Waals surface area contributed by atoms with E-state index in [9.17, 15) is 10.2 Å². The van der Waals surface area contributed by atoms with E-state index in [2.05, 4.69) is 11.8 Å². The highest BCUT2D eigenvalue weighted by atomic mass is 16.4. The molecule has 3 heteroatoms. The minimum Gasteiger partial charge on any atom is -0.467 e. The van der Waals surface area contributed by atoms with Gasteiger partial charge in [0, 0.05) is 12.0 Å². The monoisotopic (exact) mass is 242 g/mol. The molecule has 3 nitrogen and oxygen atoms in total. The van der Waals surface area contributed by atoms with Gasteiger partial charge < -0.3 is 14.6 Å². The number of hydrogen-bond donors (Lipinski definition) is 2. The van der Waals surface area contributed by atoms with Crippen LogP contribution in [0.2, 0.25) is 0 Å². The zero-order valence-electron chi connectivity index (χ0n) is 9.78. The Morgan fingerprint density at radius 3 is 2.50 bits per heavy atom. The van der Waals surface area contributed by atoms with Crippen molar-refractivity contribution in [3.63, 3.8) is 0 Å². The summed E-state index contributed by atoms with van der Waals surface area (Å²) >= 11 is 0. The molecule has 0 amide bonds. The highest BCUT2D eigenvalue weighted by Crippen LogP contribution is 2.18. The number of furan rings is 1. The molecule has 0 spiro atoms. The van der Waals surface area contributed by atoms with Gasteiger partial charge in [-0.05, 0) is 24.3 Å². The Kier molecular flexibility index (Phi) is 4.19. The summed E-state index contributed by atoms with van der Waals surface area (Å²) in [6, 6.07) is 12.8. The molecule has 92 valence electrons. The third-order valence-electron chi connectivity index (χ3n) is 2.48. The summed E-state index contributed by atoms with van der Waals surface area (Å²) in [5.74, 6) is 5.99. The molecule has 2 unspecified atom stereocenters. The molecular formula is C15H14O3. The van der Waals surface area contributed by atoms with Crippen LogP contribution in [0.15, 0.2) is 53.1 Å². The molecule has 0 aliphatic heterocycles. The van der Waals surface area contributed by atoms with E-state index in [4.69, 9.17) is 4.42 Å². The predicted molar refractivity (Wildman–Crippen MR) is 67.6 cm³/mol. The normalized spacial score (nSPS) is 13.4. The number of aliphatic hydroxyl groups is 2. The van der Waals surface area contributed by atoms with Crippen LogP contribution in [0, 0.1) is 11.8 Å². The van der Waals surface area contributed by atoms with Gasteiger partial charge in [0.1, 0.15) is 18.0 Å². The standard InChI is InChI=1S/C15H14O3/c16-13(9-8-12-5-2-1-3-6-12)11-14(17)15-7-4-10-18-15/h1-7,10,13-14,16-17H,11H2. The molecule has 0 saturated heterocycles. The lowest BCUT2D eigenvalue weighted by molar-refractivity contribution is 0.0915. The number of benzene rings is 1. The van der Waals surface area contributed by atoms with Gasteiger partial charge in [-0.3, -0.25) is 0 Å². The Morgan fingerprint density at radius 1 is 1.06 bits per heavy atom. The lowest BCUT2D eigenvalue weighted by atomic mass is 10.1. The maximum atomic E-state index is 9.76. The molecule has 1 heterocycles. The second-order valence-electron chi connectivity index (χ2n) is 3.92. The van der Waals surface area contributed by atoms with Gasteiger partial charge in [0.2, 0.25) is 0 Å². The van der Waals surface area contributed by atoms with Crippen molar-refractivity contribution in [3.05, 3.63) is 60.1 Å². The summed E-state index contributed by atoms with van der Waals surface area (Å²) in [5, 5.41) is 19.5. The minimum absolute atomic E-state index is 0.132. The van der Waals surface area contributed by atoms with Gasteiger partial charge in [-0.15, -0.1) is 0 Å². The van der Waals surface area contributed by atoms with E-state index in [1.54, 1.807) is 12.1 Å². The second kappa shape index (κ2) is 6.06. The van der Waals surface area contributed by atoms with Crippen LogP contribution in [-0.2, 0) is 0 Å². The van der Waals surface area contributed by atoms with Crippen LogP contribution in [0.4, 0.5) is 0 Å². The summed E-state index contributed by atoms with van der Waals surface area (Å²) in [5.41, 5.74) is 0.837. The zero-order valence-corrected chi connectivity index (χ0v) is 9.78. The molecule has 0 aliphatic carbocycles. The van der Waals surface area contributed by atoms with Crippen LogP contribution >= 0.6 is 0 Å². The van der Waals surface area contributed by atoms with Crippen molar-refractivity contribution in [1.82, 2.24) is 0 Å². The molecule has 0 saturated carbocycles. The van der Waals surface area contributed by atoms with Gasteiger partial charge in [-0.1, -0.05) is 30.0 Å². The first-order chi connectivity index (χ1) is 8.75. The van der Waals surface area contributed by atoms with Crippen LogP contribution in [-0.4, -0.2) is 16.3 Å². The average Bonchev–Trinajstić information content (AvgIpc) is 2.91. The van der Waals surface area contributed by atoms with Gasteiger partial charge in [0.15, 0.2) is 0 Å². The summed E-state index contributed by atoms with van der Waals surface area (Å²) in [6.07, 6.45) is -0.0983. The molecule has 0 fully saturated rings. The van der Waals surface area contributed by atoms with Crippen molar-refractivity contribution in [2.45, 2.75) is 18.6 Å². The quantitative estimate of drug-likeness (QED) is 0.810. The highest BCUT2D eigenvalue weighted by Gasteiger charge is 2.14. The highest BCUT2D eigenvalue weighted by molar-refractivity contribution is 5.34. The summed E-state index contributed by atoms with van der Waals surface area (Å²) in [6.45, 7) is 0. The third-order valence-corrected chi connectivity index (χ3v) is 2.48. The van der Waals surface area contributed by atoms with Gasteiger partial charge in [-0.25, -0.2) is 0 Å². The fraction of sp³-hybridized carbons (Fsp3) is 0.200.